The molecule has 3 rings (SSSR count). The Hall–Kier alpha value is -3.15. The number of benzene rings is 2. The van der Waals surface area contributed by atoms with E-state index < -0.39 is 16.9 Å². The number of thioether (sulfide) groups is 1. The second kappa shape index (κ2) is 12.2. The van der Waals surface area contributed by atoms with Gasteiger partial charge in [-0.2, -0.15) is 0 Å². The summed E-state index contributed by atoms with van der Waals surface area (Å²) >= 11 is 13.3. The molecule has 0 saturated heterocycles. The lowest BCUT2D eigenvalue weighted by Crippen LogP contribution is -2.33. The molecule has 1 aromatic heterocycles. The van der Waals surface area contributed by atoms with Crippen LogP contribution in [0.1, 0.15) is 43.0 Å². The number of hydrogen-bond acceptors (Lipinski definition) is 7. The molecule has 0 fully saturated rings. The molecule has 2 N–H and O–H groups in total. The molecule has 0 bridgehead atoms. The lowest BCUT2D eigenvalue weighted by molar-refractivity contribution is -0.384. The molecule has 1 heterocycles. The molecule has 0 aliphatic rings. The van der Waals surface area contributed by atoms with Gasteiger partial charge in [-0.1, -0.05) is 54.9 Å². The average molecular weight is 551 g/mol. The monoisotopic (exact) mass is 550 g/mol. The average Bonchev–Trinajstić information content (AvgIpc) is 3.25. The number of hydrogen-bond donors (Lipinski definition) is 2. The van der Waals surface area contributed by atoms with Gasteiger partial charge >= 0.3 is 0 Å². The summed E-state index contributed by atoms with van der Waals surface area (Å²) in [7, 11) is 0. The molecular formula is C23H24Cl2N6O4S. The molecule has 190 valence electrons. The van der Waals surface area contributed by atoms with Crippen LogP contribution < -0.4 is 10.6 Å². The van der Waals surface area contributed by atoms with Gasteiger partial charge < -0.3 is 15.2 Å². The van der Waals surface area contributed by atoms with Gasteiger partial charge in [0.15, 0.2) is 11.0 Å². The smallest absolute Gasteiger partial charge is 0.270 e. The molecule has 0 spiro atoms. The Morgan fingerprint density at radius 3 is 2.58 bits per heavy atom. The quantitative estimate of drug-likeness (QED) is 0.197. The van der Waals surface area contributed by atoms with Crippen molar-refractivity contribution in [2.75, 3.05) is 11.1 Å². The van der Waals surface area contributed by atoms with E-state index in [9.17, 15) is 19.7 Å². The minimum absolute atomic E-state index is 0.0490. The van der Waals surface area contributed by atoms with E-state index in [1.165, 1.54) is 36.0 Å². The number of carbonyl (C=O) groups is 2. The third-order valence-corrected chi connectivity index (χ3v) is 6.68. The zero-order valence-electron chi connectivity index (χ0n) is 19.7. The first-order valence-electron chi connectivity index (χ1n) is 11.0. The molecule has 2 aromatic carbocycles. The second-order valence-corrected chi connectivity index (χ2v) is 9.83. The lowest BCUT2D eigenvalue weighted by atomic mass is 10.0. The van der Waals surface area contributed by atoms with Crippen molar-refractivity contribution in [2.45, 2.75) is 38.5 Å². The number of nitrogens with one attached hydrogen (secondary N) is 2. The van der Waals surface area contributed by atoms with Gasteiger partial charge in [-0.25, -0.2) is 0 Å². The number of rotatable bonds is 10. The minimum atomic E-state index is -0.551. The summed E-state index contributed by atoms with van der Waals surface area (Å²) in [6.45, 7) is 6.24. The molecule has 36 heavy (non-hydrogen) atoms. The Labute approximate surface area is 221 Å². The van der Waals surface area contributed by atoms with Crippen LogP contribution in [0.15, 0.2) is 47.6 Å². The van der Waals surface area contributed by atoms with Crippen LogP contribution in [0.4, 0.5) is 11.4 Å². The molecule has 1 atom stereocenters. The van der Waals surface area contributed by atoms with Gasteiger partial charge in [0.25, 0.3) is 11.6 Å². The number of carbonyl (C=O) groups excluding carboxylic acids is 2. The first kappa shape index (κ1) is 27.4. The van der Waals surface area contributed by atoms with Crippen LogP contribution in [-0.4, -0.2) is 37.3 Å². The highest BCUT2D eigenvalue weighted by Crippen LogP contribution is 2.28. The highest BCUT2D eigenvalue weighted by molar-refractivity contribution is 7.99. The number of anilines is 1. The zero-order valence-corrected chi connectivity index (χ0v) is 22.0. The van der Waals surface area contributed by atoms with Crippen molar-refractivity contribution in [3.63, 3.8) is 0 Å². The summed E-state index contributed by atoms with van der Waals surface area (Å²) < 4.78 is 1.82. The summed E-state index contributed by atoms with van der Waals surface area (Å²) in [5.41, 5.74) is 0.413. The van der Waals surface area contributed by atoms with Gasteiger partial charge in [0.2, 0.25) is 5.91 Å². The van der Waals surface area contributed by atoms with Crippen molar-refractivity contribution >= 4 is 58.2 Å². The number of nitro groups is 1. The topological polar surface area (TPSA) is 132 Å². The van der Waals surface area contributed by atoms with Crippen LogP contribution in [0.3, 0.4) is 0 Å². The lowest BCUT2D eigenvalue weighted by Gasteiger charge is -2.22. The highest BCUT2D eigenvalue weighted by Gasteiger charge is 2.26. The maximum absolute atomic E-state index is 12.9. The summed E-state index contributed by atoms with van der Waals surface area (Å²) in [5, 5.41) is 26.5. The van der Waals surface area contributed by atoms with E-state index in [0.717, 1.165) is 0 Å². The molecule has 0 radical (unpaired) electrons. The number of non-ortho nitro benzene ring substituents is 1. The largest absolute Gasteiger partial charge is 0.342 e. The minimum Gasteiger partial charge on any atom is -0.342 e. The van der Waals surface area contributed by atoms with Gasteiger partial charge in [-0.05, 0) is 37.1 Å². The van der Waals surface area contributed by atoms with E-state index in [2.05, 4.69) is 20.8 Å². The molecule has 2 amide bonds. The Kier molecular flexibility index (Phi) is 9.30. The Balaban J connectivity index is 1.74. The van der Waals surface area contributed by atoms with E-state index in [1.807, 2.05) is 25.3 Å². The van der Waals surface area contributed by atoms with Gasteiger partial charge in [-0.15, -0.1) is 10.2 Å². The van der Waals surface area contributed by atoms with Crippen molar-refractivity contribution in [3.05, 3.63) is 74.0 Å². The molecule has 0 aliphatic carbocycles. The van der Waals surface area contributed by atoms with Crippen molar-refractivity contribution in [1.82, 2.24) is 20.1 Å². The molecular weight excluding hydrogens is 527 g/mol. The number of amides is 2. The fraction of sp³-hybridized carbons (Fsp3) is 0.304. The van der Waals surface area contributed by atoms with Gasteiger partial charge in [0.05, 0.1) is 27.4 Å². The number of nitro benzene ring substituents is 1. The third kappa shape index (κ3) is 6.74. The van der Waals surface area contributed by atoms with Crippen LogP contribution in [0.2, 0.25) is 10.0 Å². The van der Waals surface area contributed by atoms with Crippen molar-refractivity contribution in [2.24, 2.45) is 5.92 Å². The predicted molar refractivity (Wildman–Crippen MR) is 140 cm³/mol. The van der Waals surface area contributed by atoms with Crippen LogP contribution >= 0.6 is 35.0 Å². The highest BCUT2D eigenvalue weighted by atomic mass is 35.5. The SMILES string of the molecule is CCn1c(SCC(=O)Nc2cc(Cl)ccc2Cl)nnc1[C@H](NC(=O)c1cccc([N+](=O)[O-])c1)C(C)C. The van der Waals surface area contributed by atoms with Crippen LogP contribution in [0.25, 0.3) is 0 Å². The molecule has 0 unspecified atom stereocenters. The number of aromatic nitrogens is 3. The standard InChI is InChI=1S/C23H24Cl2N6O4S/c1-4-30-21(20(13(2)3)27-22(33)14-6-5-7-16(10-14)31(34)35)28-29-23(30)36-12-19(32)26-18-11-15(24)8-9-17(18)25/h5-11,13,20H,4,12H2,1-3H3,(H,26,32)(H,27,33)/t20-/m1/s1. The maximum atomic E-state index is 12.9. The zero-order chi connectivity index (χ0) is 26.4. The van der Waals surface area contributed by atoms with Gasteiger partial charge in [0, 0.05) is 29.3 Å². The summed E-state index contributed by atoms with van der Waals surface area (Å²) in [6.07, 6.45) is 0. The Bertz CT molecular complexity index is 1280. The summed E-state index contributed by atoms with van der Waals surface area (Å²) in [6, 6.07) is 9.80. The molecule has 3 aromatic rings. The summed E-state index contributed by atoms with van der Waals surface area (Å²) in [4.78, 5) is 35.9. The van der Waals surface area contributed by atoms with Crippen LogP contribution in [0, 0.1) is 16.0 Å². The fourth-order valence-corrected chi connectivity index (χ4v) is 4.50. The first-order chi connectivity index (χ1) is 17.1. The van der Waals surface area contributed by atoms with E-state index in [-0.39, 0.29) is 28.8 Å². The number of halogens is 2. The van der Waals surface area contributed by atoms with Crippen molar-refractivity contribution < 1.29 is 14.5 Å². The van der Waals surface area contributed by atoms with Crippen molar-refractivity contribution in [1.29, 1.82) is 0 Å². The normalized spacial score (nSPS) is 11.8. The Morgan fingerprint density at radius 2 is 1.92 bits per heavy atom. The van der Waals surface area contributed by atoms with E-state index in [1.54, 1.807) is 18.2 Å². The predicted octanol–water partition coefficient (Wildman–Crippen LogP) is 5.37. The first-order valence-corrected chi connectivity index (χ1v) is 12.7. The van der Waals surface area contributed by atoms with Crippen LogP contribution in [0.5, 0.6) is 0 Å². The van der Waals surface area contributed by atoms with Crippen molar-refractivity contribution in [3.8, 4) is 0 Å². The molecule has 0 saturated carbocycles. The third-order valence-electron chi connectivity index (χ3n) is 5.15. The fourth-order valence-electron chi connectivity index (χ4n) is 3.36. The molecule has 0 aliphatic heterocycles. The molecule has 10 nitrogen and oxygen atoms in total. The number of nitrogens with zero attached hydrogens (tertiary/aromatic N) is 4. The maximum Gasteiger partial charge on any atom is 0.270 e. The summed E-state index contributed by atoms with van der Waals surface area (Å²) in [5.74, 6) is -0.251. The Morgan fingerprint density at radius 1 is 1.17 bits per heavy atom. The van der Waals surface area contributed by atoms with Crippen LogP contribution in [-0.2, 0) is 11.3 Å². The second-order valence-electron chi connectivity index (χ2n) is 8.05. The van der Waals surface area contributed by atoms with E-state index >= 15 is 0 Å². The van der Waals surface area contributed by atoms with Gasteiger partial charge in [0.1, 0.15) is 0 Å². The van der Waals surface area contributed by atoms with Gasteiger partial charge in [-0.3, -0.25) is 19.7 Å². The van der Waals surface area contributed by atoms with E-state index in [0.29, 0.717) is 33.3 Å². The van der Waals surface area contributed by atoms with E-state index in [4.69, 9.17) is 23.2 Å². The molecule has 13 heteroatoms.